The van der Waals surface area contributed by atoms with E-state index in [1.807, 2.05) is 0 Å². The predicted octanol–water partition coefficient (Wildman–Crippen LogP) is -1.92. The van der Waals surface area contributed by atoms with E-state index >= 15 is 0 Å². The predicted molar refractivity (Wildman–Crippen MR) is 59.5 cm³/mol. The van der Waals surface area contributed by atoms with Gasteiger partial charge in [-0.25, -0.2) is 4.99 Å². The molecule has 0 amide bonds. The summed E-state index contributed by atoms with van der Waals surface area (Å²) in [5, 5.41) is 28.4. The topological polar surface area (TPSA) is 112 Å². The molecule has 0 aliphatic carbocycles. The molecule has 0 aromatic heterocycles. The van der Waals surface area contributed by atoms with Crippen LogP contribution in [0.15, 0.2) is 29.4 Å². The molecule has 1 saturated heterocycles. The highest BCUT2D eigenvalue weighted by atomic mass is 16.5. The van der Waals surface area contributed by atoms with E-state index in [1.54, 1.807) is 0 Å². The lowest BCUT2D eigenvalue weighted by Crippen LogP contribution is -2.42. The van der Waals surface area contributed by atoms with Crippen molar-refractivity contribution < 1.29 is 20.1 Å². The van der Waals surface area contributed by atoms with Gasteiger partial charge in [-0.1, -0.05) is 6.58 Å². The molecule has 0 spiro atoms. The minimum Gasteiger partial charge on any atom is -0.394 e. The number of aliphatic hydroxyl groups is 3. The first-order valence-corrected chi connectivity index (χ1v) is 5.14. The van der Waals surface area contributed by atoms with Crippen molar-refractivity contribution in [2.75, 3.05) is 6.61 Å². The summed E-state index contributed by atoms with van der Waals surface area (Å²) in [4.78, 5) is 5.10. The van der Waals surface area contributed by atoms with Gasteiger partial charge in [0.2, 0.25) is 6.35 Å². The van der Waals surface area contributed by atoms with Crippen LogP contribution in [0.2, 0.25) is 0 Å². The van der Waals surface area contributed by atoms with E-state index < -0.39 is 24.8 Å². The first-order valence-electron chi connectivity index (χ1n) is 5.14. The van der Waals surface area contributed by atoms with Crippen LogP contribution >= 0.6 is 0 Å². The molecular formula is C10H15N3O4. The summed E-state index contributed by atoms with van der Waals surface area (Å²) in [6.07, 6.45) is -0.612. The molecule has 2 rings (SSSR count). The molecule has 2 aliphatic heterocycles. The lowest BCUT2D eigenvalue weighted by atomic mass is 10.1. The van der Waals surface area contributed by atoms with Gasteiger partial charge in [-0.05, 0) is 6.08 Å². The normalized spacial score (nSPS) is 37.5. The maximum atomic E-state index is 9.72. The van der Waals surface area contributed by atoms with Crippen molar-refractivity contribution in [3.63, 3.8) is 0 Å². The summed E-state index contributed by atoms with van der Waals surface area (Å²) in [5.74, 6) is 0.205. The molecule has 7 heteroatoms. The third-order valence-corrected chi connectivity index (χ3v) is 2.75. The second-order valence-electron chi connectivity index (χ2n) is 3.89. The van der Waals surface area contributed by atoms with Crippen molar-refractivity contribution >= 4 is 5.84 Å². The van der Waals surface area contributed by atoms with E-state index in [4.69, 9.17) is 15.6 Å². The van der Waals surface area contributed by atoms with E-state index in [1.165, 1.54) is 17.2 Å². The Hall–Kier alpha value is -1.41. The smallest absolute Gasteiger partial charge is 0.229 e. The zero-order valence-electron chi connectivity index (χ0n) is 9.10. The fourth-order valence-corrected chi connectivity index (χ4v) is 1.80. The second-order valence-corrected chi connectivity index (χ2v) is 3.89. The van der Waals surface area contributed by atoms with Crippen LogP contribution in [0.3, 0.4) is 0 Å². The summed E-state index contributed by atoms with van der Waals surface area (Å²) >= 11 is 0. The Kier molecular flexibility index (Phi) is 3.16. The van der Waals surface area contributed by atoms with Crippen LogP contribution < -0.4 is 5.73 Å². The van der Waals surface area contributed by atoms with E-state index in [9.17, 15) is 10.2 Å². The largest absolute Gasteiger partial charge is 0.394 e. The molecule has 0 aromatic carbocycles. The van der Waals surface area contributed by atoms with Gasteiger partial charge in [0.05, 0.1) is 6.61 Å². The zero-order valence-corrected chi connectivity index (χ0v) is 9.10. The molecule has 5 N–H and O–H groups in total. The molecule has 0 saturated carbocycles. The SMILES string of the molecule is C=C1[C@H](N2C=CC(N)=NC2O)O[C@H](CO)[C@H]1O. The first-order chi connectivity index (χ1) is 8.04. The molecule has 17 heavy (non-hydrogen) atoms. The highest BCUT2D eigenvalue weighted by Gasteiger charge is 2.41. The maximum absolute atomic E-state index is 9.72. The maximum Gasteiger partial charge on any atom is 0.229 e. The molecule has 2 aliphatic rings. The number of ether oxygens (including phenoxy) is 1. The van der Waals surface area contributed by atoms with Crippen molar-refractivity contribution in [1.29, 1.82) is 0 Å². The fraction of sp³-hybridized carbons (Fsp3) is 0.500. The van der Waals surface area contributed by atoms with Crippen molar-refractivity contribution in [1.82, 2.24) is 4.90 Å². The zero-order chi connectivity index (χ0) is 12.6. The number of aliphatic hydroxyl groups excluding tert-OH is 3. The standard InChI is InChI=1S/C10H15N3O4/c1-5-8(15)6(4-14)17-9(5)13-3-2-7(11)12-10(13)16/h2-3,6,8-10,14-16H,1,4H2,(H2,11,12)/t6-,8+,9-,10?/m1/s1. The molecule has 1 fully saturated rings. The third kappa shape index (κ3) is 2.05. The molecule has 94 valence electrons. The minimum atomic E-state index is -1.19. The van der Waals surface area contributed by atoms with Gasteiger partial charge in [-0.15, -0.1) is 0 Å². The number of aliphatic imine (C=N–C) groups is 1. The van der Waals surface area contributed by atoms with Crippen molar-refractivity contribution in [2.45, 2.75) is 24.8 Å². The Labute approximate surface area is 98.1 Å². The summed E-state index contributed by atoms with van der Waals surface area (Å²) in [6.45, 7) is 3.37. The van der Waals surface area contributed by atoms with Gasteiger partial charge in [0.1, 0.15) is 18.0 Å². The van der Waals surface area contributed by atoms with Gasteiger partial charge >= 0.3 is 0 Å². The van der Waals surface area contributed by atoms with E-state index in [-0.39, 0.29) is 12.4 Å². The van der Waals surface area contributed by atoms with Gasteiger partial charge in [0.25, 0.3) is 0 Å². The summed E-state index contributed by atoms with van der Waals surface area (Å²) < 4.78 is 5.39. The summed E-state index contributed by atoms with van der Waals surface area (Å²) in [5.41, 5.74) is 5.79. The minimum absolute atomic E-state index is 0.205. The number of nitrogens with two attached hydrogens (primary N) is 1. The van der Waals surface area contributed by atoms with Gasteiger partial charge in [0, 0.05) is 11.8 Å². The highest BCUT2D eigenvalue weighted by molar-refractivity contribution is 5.91. The number of amidine groups is 1. The van der Waals surface area contributed by atoms with Crippen LogP contribution in [-0.2, 0) is 4.74 Å². The second kappa shape index (κ2) is 4.46. The molecular weight excluding hydrogens is 226 g/mol. The monoisotopic (exact) mass is 241 g/mol. The van der Waals surface area contributed by atoms with E-state index in [2.05, 4.69) is 11.6 Å². The average Bonchev–Trinajstić information content (AvgIpc) is 2.57. The molecule has 4 atom stereocenters. The van der Waals surface area contributed by atoms with Crippen LogP contribution in [0.5, 0.6) is 0 Å². The van der Waals surface area contributed by atoms with Crippen LogP contribution in [0.1, 0.15) is 0 Å². The lowest BCUT2D eigenvalue weighted by molar-refractivity contribution is -0.104. The van der Waals surface area contributed by atoms with Gasteiger partial charge in [0.15, 0.2) is 6.23 Å². The first kappa shape index (κ1) is 12.1. The molecule has 0 bridgehead atoms. The molecule has 2 heterocycles. The van der Waals surface area contributed by atoms with Crippen LogP contribution in [0.4, 0.5) is 0 Å². The molecule has 7 nitrogen and oxygen atoms in total. The third-order valence-electron chi connectivity index (χ3n) is 2.75. The van der Waals surface area contributed by atoms with Crippen LogP contribution in [-0.4, -0.2) is 57.4 Å². The quantitative estimate of drug-likeness (QED) is 0.419. The number of hydrogen-bond acceptors (Lipinski definition) is 7. The van der Waals surface area contributed by atoms with E-state index in [0.717, 1.165) is 0 Å². The average molecular weight is 241 g/mol. The summed E-state index contributed by atoms with van der Waals surface area (Å²) in [7, 11) is 0. The summed E-state index contributed by atoms with van der Waals surface area (Å²) in [6, 6.07) is 0. The van der Waals surface area contributed by atoms with Crippen molar-refractivity contribution in [2.24, 2.45) is 10.7 Å². The number of rotatable bonds is 2. The van der Waals surface area contributed by atoms with Crippen LogP contribution in [0.25, 0.3) is 0 Å². The lowest BCUT2D eigenvalue weighted by Gasteiger charge is -2.31. The van der Waals surface area contributed by atoms with Gasteiger partial charge in [-0.2, -0.15) is 0 Å². The Bertz CT molecular complexity index is 382. The van der Waals surface area contributed by atoms with Crippen molar-refractivity contribution in [3.05, 3.63) is 24.4 Å². The Morgan fingerprint density at radius 1 is 1.53 bits per heavy atom. The van der Waals surface area contributed by atoms with Crippen LogP contribution in [0, 0.1) is 0 Å². The molecule has 0 radical (unpaired) electrons. The van der Waals surface area contributed by atoms with Gasteiger partial charge in [-0.3, -0.25) is 0 Å². The Morgan fingerprint density at radius 3 is 2.76 bits per heavy atom. The fourth-order valence-electron chi connectivity index (χ4n) is 1.80. The number of nitrogens with zero attached hydrogens (tertiary/aromatic N) is 2. The highest BCUT2D eigenvalue weighted by Crippen LogP contribution is 2.29. The van der Waals surface area contributed by atoms with Crippen molar-refractivity contribution in [3.8, 4) is 0 Å². The molecule has 1 unspecified atom stereocenters. The Morgan fingerprint density at radius 2 is 2.24 bits per heavy atom. The van der Waals surface area contributed by atoms with E-state index in [0.29, 0.717) is 5.57 Å². The molecule has 0 aromatic rings. The van der Waals surface area contributed by atoms with Gasteiger partial charge < -0.3 is 30.7 Å². The Balaban J connectivity index is 2.15. The number of hydrogen-bond donors (Lipinski definition) is 4.